The fourth-order valence-corrected chi connectivity index (χ4v) is 4.72. The summed E-state index contributed by atoms with van der Waals surface area (Å²) < 4.78 is 31.6. The second-order valence-corrected chi connectivity index (χ2v) is 12.5. The number of nitrogens with one attached hydrogen (secondary N) is 4. The summed E-state index contributed by atoms with van der Waals surface area (Å²) in [4.78, 5) is 75.6. The molecule has 0 aromatic heterocycles. The van der Waals surface area contributed by atoms with Crippen LogP contribution in [0.1, 0.15) is 38.7 Å². The van der Waals surface area contributed by atoms with Gasteiger partial charge in [0.1, 0.15) is 24.4 Å². The summed E-state index contributed by atoms with van der Waals surface area (Å²) in [6.45, 7) is 6.09. The average Bonchev–Trinajstić information content (AvgIpc) is 3.19. The van der Waals surface area contributed by atoms with Gasteiger partial charge in [0.25, 0.3) is 5.69 Å². The zero-order valence-electron chi connectivity index (χ0n) is 32.4. The van der Waals surface area contributed by atoms with Gasteiger partial charge in [0.05, 0.1) is 57.8 Å². The molecule has 0 radical (unpaired) electrons. The van der Waals surface area contributed by atoms with E-state index in [0.717, 1.165) is 0 Å². The van der Waals surface area contributed by atoms with Crippen molar-refractivity contribution in [2.75, 3.05) is 71.3 Å². The highest BCUT2D eigenvalue weighted by Crippen LogP contribution is 2.18. The third kappa shape index (κ3) is 21.3. The molecule has 0 bridgehead atoms. The van der Waals surface area contributed by atoms with Crippen LogP contribution in [0.25, 0.3) is 10.4 Å². The summed E-state index contributed by atoms with van der Waals surface area (Å²) in [5, 5.41) is 24.7. The summed E-state index contributed by atoms with van der Waals surface area (Å²) in [6.07, 6.45) is -0.642. The number of primary amides is 1. The van der Waals surface area contributed by atoms with Crippen molar-refractivity contribution in [2.45, 2.75) is 51.8 Å². The standard InChI is InChI=1S/C36H51N9O13/c1-25(2)32(43-31(46)13-16-53-18-20-55-22-23-56-21-19-54-17-15-40-44-38)34(48)42-30(4-3-14-39-35(37)49)33(47)41-27-7-5-26(6-8-27)24-57-36(50)58-29-11-9-28(10-12-29)45(51)52/h5-12,25,30,32H,3-4,13-24H2,1-2H3,(H,41,47)(H,42,48)(H,43,46)(H3,37,39,49)/t30?,32-/m0/s1. The van der Waals surface area contributed by atoms with Gasteiger partial charge in [-0.05, 0) is 54.1 Å². The van der Waals surface area contributed by atoms with Gasteiger partial charge >= 0.3 is 12.2 Å². The quantitative estimate of drug-likeness (QED) is 0.0115. The van der Waals surface area contributed by atoms with Crippen molar-refractivity contribution < 1.29 is 57.3 Å². The fraction of sp³-hybridized carbons (Fsp3) is 0.528. The largest absolute Gasteiger partial charge is 0.514 e. The van der Waals surface area contributed by atoms with Crippen LogP contribution in [-0.4, -0.2) is 113 Å². The Morgan fingerprint density at radius 2 is 1.45 bits per heavy atom. The van der Waals surface area contributed by atoms with E-state index < -0.39 is 46.9 Å². The van der Waals surface area contributed by atoms with E-state index in [1.165, 1.54) is 24.3 Å². The Kier molecular flexibility index (Phi) is 23.5. The molecule has 5 amide bonds. The Balaban J connectivity index is 1.81. The number of carbonyl (C=O) groups is 5. The number of hydrogen-bond acceptors (Lipinski definition) is 14. The predicted octanol–water partition coefficient (Wildman–Crippen LogP) is 3.09. The van der Waals surface area contributed by atoms with Crippen molar-refractivity contribution in [1.82, 2.24) is 16.0 Å². The number of rotatable bonds is 29. The molecule has 0 heterocycles. The number of azide groups is 1. The molecule has 22 nitrogen and oxygen atoms in total. The van der Waals surface area contributed by atoms with E-state index in [-0.39, 0.29) is 76.1 Å². The number of nitro benzene ring substituents is 1. The molecule has 0 spiro atoms. The Morgan fingerprint density at radius 3 is 2.02 bits per heavy atom. The number of nitrogens with two attached hydrogens (primary N) is 1. The van der Waals surface area contributed by atoms with Gasteiger partial charge in [-0.15, -0.1) is 0 Å². The lowest BCUT2D eigenvalue weighted by molar-refractivity contribution is -0.384. The number of benzene rings is 2. The second-order valence-electron chi connectivity index (χ2n) is 12.5. The van der Waals surface area contributed by atoms with Crippen molar-refractivity contribution in [3.63, 3.8) is 0 Å². The van der Waals surface area contributed by atoms with Crippen molar-refractivity contribution in [3.8, 4) is 5.75 Å². The third-order valence-electron chi connectivity index (χ3n) is 7.68. The molecule has 58 heavy (non-hydrogen) atoms. The molecule has 0 aliphatic heterocycles. The first-order valence-electron chi connectivity index (χ1n) is 18.3. The zero-order valence-corrected chi connectivity index (χ0v) is 32.4. The highest BCUT2D eigenvalue weighted by molar-refractivity contribution is 5.98. The number of nitro groups is 1. The third-order valence-corrected chi connectivity index (χ3v) is 7.68. The van der Waals surface area contributed by atoms with Crippen LogP contribution < -0.4 is 31.7 Å². The van der Waals surface area contributed by atoms with E-state index in [1.54, 1.807) is 38.1 Å². The number of hydrogen-bond donors (Lipinski definition) is 5. The molecular formula is C36H51N9O13. The first kappa shape index (κ1) is 48.1. The van der Waals surface area contributed by atoms with Gasteiger partial charge in [-0.25, -0.2) is 9.59 Å². The van der Waals surface area contributed by atoms with Gasteiger partial charge in [-0.1, -0.05) is 31.1 Å². The lowest BCUT2D eigenvalue weighted by Crippen LogP contribution is -2.54. The Morgan fingerprint density at radius 1 is 0.845 bits per heavy atom. The molecular weight excluding hydrogens is 766 g/mol. The minimum Gasteiger partial charge on any atom is -0.429 e. The topological polar surface area (TPSA) is 307 Å². The zero-order chi connectivity index (χ0) is 42.5. The van der Waals surface area contributed by atoms with Crippen molar-refractivity contribution in [2.24, 2.45) is 16.8 Å². The number of carbonyl (C=O) groups excluding carboxylic acids is 5. The molecule has 0 aliphatic carbocycles. The molecule has 0 saturated carbocycles. The van der Waals surface area contributed by atoms with Crippen LogP contribution in [0.5, 0.6) is 5.75 Å². The van der Waals surface area contributed by atoms with Crippen LogP contribution in [0.3, 0.4) is 0 Å². The smallest absolute Gasteiger partial charge is 0.429 e. The maximum absolute atomic E-state index is 13.4. The first-order valence-corrected chi connectivity index (χ1v) is 18.3. The van der Waals surface area contributed by atoms with Gasteiger partial charge < -0.3 is 55.4 Å². The predicted molar refractivity (Wildman–Crippen MR) is 206 cm³/mol. The fourth-order valence-electron chi connectivity index (χ4n) is 4.72. The van der Waals surface area contributed by atoms with Crippen LogP contribution in [0.2, 0.25) is 0 Å². The highest BCUT2D eigenvalue weighted by Gasteiger charge is 2.29. The molecule has 0 fully saturated rings. The molecule has 0 aliphatic rings. The number of urea groups is 1. The summed E-state index contributed by atoms with van der Waals surface area (Å²) in [5.74, 6) is -1.86. The minimum absolute atomic E-state index is 0.0238. The van der Waals surface area contributed by atoms with Gasteiger partial charge in [-0.3, -0.25) is 24.5 Å². The van der Waals surface area contributed by atoms with Gasteiger partial charge in [0, 0.05) is 42.2 Å². The molecule has 6 N–H and O–H groups in total. The van der Waals surface area contributed by atoms with Gasteiger partial charge in [0.2, 0.25) is 17.7 Å². The SMILES string of the molecule is CC(C)[C@H](NC(=O)CCOCCOCCOCCOCCN=[N+]=[N-])C(=O)NC(CCCNC(N)=O)C(=O)Nc1ccc(COC(=O)Oc2ccc([N+](=O)[O-])cc2)cc1. The minimum atomic E-state index is -1.06. The van der Waals surface area contributed by atoms with Crippen LogP contribution in [0, 0.1) is 16.0 Å². The van der Waals surface area contributed by atoms with Gasteiger partial charge in [0.15, 0.2) is 0 Å². The number of anilines is 1. The monoisotopic (exact) mass is 817 g/mol. The molecule has 0 saturated heterocycles. The van der Waals surface area contributed by atoms with Crippen molar-refractivity contribution in [1.29, 1.82) is 0 Å². The van der Waals surface area contributed by atoms with E-state index in [2.05, 4.69) is 31.3 Å². The first-order chi connectivity index (χ1) is 27.9. The maximum atomic E-state index is 13.4. The van der Waals surface area contributed by atoms with Crippen LogP contribution >= 0.6 is 0 Å². The van der Waals surface area contributed by atoms with E-state index >= 15 is 0 Å². The highest BCUT2D eigenvalue weighted by atomic mass is 16.7. The van der Waals surface area contributed by atoms with Crippen LogP contribution in [0.15, 0.2) is 53.6 Å². The summed E-state index contributed by atoms with van der Waals surface area (Å²) in [6, 6.07) is 8.42. The Hall–Kier alpha value is -6.06. The molecule has 2 rings (SSSR count). The second kappa shape index (κ2) is 28.4. The lowest BCUT2D eigenvalue weighted by Gasteiger charge is -2.25. The lowest BCUT2D eigenvalue weighted by atomic mass is 10.0. The molecule has 2 atom stereocenters. The van der Waals surface area contributed by atoms with E-state index in [1.807, 2.05) is 0 Å². The van der Waals surface area contributed by atoms with E-state index in [0.29, 0.717) is 44.3 Å². The van der Waals surface area contributed by atoms with E-state index in [4.69, 9.17) is 39.7 Å². The van der Waals surface area contributed by atoms with E-state index in [9.17, 15) is 34.1 Å². The number of amides is 5. The Bertz CT molecular complexity index is 1640. The maximum Gasteiger partial charge on any atom is 0.514 e. The molecule has 2 aromatic carbocycles. The average molecular weight is 818 g/mol. The Labute approximate surface area is 334 Å². The van der Waals surface area contributed by atoms with Crippen LogP contribution in [0.4, 0.5) is 21.0 Å². The van der Waals surface area contributed by atoms with Crippen LogP contribution in [-0.2, 0) is 44.7 Å². The van der Waals surface area contributed by atoms with Crippen molar-refractivity contribution in [3.05, 3.63) is 74.7 Å². The molecule has 318 valence electrons. The molecule has 2 aromatic rings. The normalized spacial score (nSPS) is 11.7. The summed E-state index contributed by atoms with van der Waals surface area (Å²) in [7, 11) is 0. The van der Waals surface area contributed by atoms with Gasteiger partial charge in [-0.2, -0.15) is 0 Å². The number of nitrogens with zero attached hydrogens (tertiary/aromatic N) is 4. The number of non-ortho nitro benzene ring substituents is 1. The molecule has 1 unspecified atom stereocenters. The summed E-state index contributed by atoms with van der Waals surface area (Å²) in [5.41, 5.74) is 14.1. The number of ether oxygens (including phenoxy) is 6. The summed E-state index contributed by atoms with van der Waals surface area (Å²) >= 11 is 0. The van der Waals surface area contributed by atoms with Crippen molar-refractivity contribution >= 4 is 41.3 Å². The molecule has 22 heteroatoms.